The van der Waals surface area contributed by atoms with Crippen LogP contribution in [0.1, 0.15) is 26.6 Å². The molecule has 1 aromatic heterocycles. The third-order valence-electron chi connectivity index (χ3n) is 3.30. The second kappa shape index (κ2) is 6.01. The van der Waals surface area contributed by atoms with Crippen LogP contribution in [0.5, 0.6) is 0 Å². The predicted octanol–water partition coefficient (Wildman–Crippen LogP) is 0.617. The Morgan fingerprint density at radius 3 is 3.11 bits per heavy atom. The van der Waals surface area contributed by atoms with Gasteiger partial charge in [0.05, 0.1) is 25.3 Å². The number of ether oxygens (including phenoxy) is 1. The highest BCUT2D eigenvalue weighted by atomic mass is 16.5. The summed E-state index contributed by atoms with van der Waals surface area (Å²) in [5.74, 6) is 0.768. The molecule has 0 radical (unpaired) electrons. The van der Waals surface area contributed by atoms with Gasteiger partial charge in [0, 0.05) is 13.1 Å². The van der Waals surface area contributed by atoms with Crippen LogP contribution >= 0.6 is 0 Å². The van der Waals surface area contributed by atoms with Gasteiger partial charge in [0.1, 0.15) is 6.33 Å². The highest BCUT2D eigenvalue weighted by Gasteiger charge is 2.27. The number of aromatic nitrogens is 3. The van der Waals surface area contributed by atoms with Crippen molar-refractivity contribution in [2.75, 3.05) is 13.2 Å². The Morgan fingerprint density at radius 1 is 1.58 bits per heavy atom. The van der Waals surface area contributed by atoms with Gasteiger partial charge in [-0.15, -0.1) is 10.2 Å². The van der Waals surface area contributed by atoms with E-state index in [9.17, 15) is 4.79 Å². The first-order chi connectivity index (χ1) is 9.11. The lowest BCUT2D eigenvalue weighted by Gasteiger charge is -2.36. The summed E-state index contributed by atoms with van der Waals surface area (Å²) < 4.78 is 7.42. The van der Waals surface area contributed by atoms with Crippen molar-refractivity contribution in [1.82, 2.24) is 25.0 Å². The molecule has 0 saturated carbocycles. The number of hydrogen-bond acceptors (Lipinski definition) is 4. The third-order valence-corrected chi connectivity index (χ3v) is 3.30. The lowest BCUT2D eigenvalue weighted by Crippen LogP contribution is -2.53. The molecule has 1 aliphatic heterocycles. The van der Waals surface area contributed by atoms with Gasteiger partial charge < -0.3 is 19.5 Å². The number of rotatable bonds is 3. The van der Waals surface area contributed by atoms with Gasteiger partial charge in [-0.3, -0.25) is 0 Å². The lowest BCUT2D eigenvalue weighted by molar-refractivity contribution is -0.0318. The van der Waals surface area contributed by atoms with E-state index in [1.165, 1.54) is 0 Å². The van der Waals surface area contributed by atoms with E-state index >= 15 is 0 Å². The smallest absolute Gasteiger partial charge is 0.318 e. The maximum atomic E-state index is 12.2. The van der Waals surface area contributed by atoms with Crippen molar-refractivity contribution in [2.45, 2.75) is 46.0 Å². The van der Waals surface area contributed by atoms with E-state index in [-0.39, 0.29) is 18.2 Å². The molecule has 2 unspecified atom stereocenters. The molecule has 2 heterocycles. The van der Waals surface area contributed by atoms with Crippen LogP contribution in [0.15, 0.2) is 6.33 Å². The van der Waals surface area contributed by atoms with E-state index in [0.29, 0.717) is 19.7 Å². The minimum atomic E-state index is -0.0756. The van der Waals surface area contributed by atoms with Crippen molar-refractivity contribution >= 4 is 6.03 Å². The molecule has 1 N–H and O–H groups in total. The molecule has 1 aliphatic rings. The Bertz CT molecular complexity index is 434. The van der Waals surface area contributed by atoms with Crippen LogP contribution in [0.25, 0.3) is 0 Å². The zero-order chi connectivity index (χ0) is 13.8. The van der Waals surface area contributed by atoms with E-state index in [1.807, 2.05) is 25.3 Å². The molecule has 0 aromatic carbocycles. The maximum Gasteiger partial charge on any atom is 0.318 e. The monoisotopic (exact) mass is 267 g/mol. The normalized spacial score (nSPS) is 23.4. The molecule has 0 bridgehead atoms. The molecule has 1 saturated heterocycles. The molecule has 1 aromatic rings. The lowest BCUT2D eigenvalue weighted by atomic mass is 10.2. The summed E-state index contributed by atoms with van der Waals surface area (Å²) in [6.07, 6.45) is 1.75. The first-order valence-electron chi connectivity index (χ1n) is 6.64. The van der Waals surface area contributed by atoms with Crippen LogP contribution in [-0.4, -0.2) is 51.0 Å². The highest BCUT2D eigenvalue weighted by Crippen LogP contribution is 2.11. The van der Waals surface area contributed by atoms with Gasteiger partial charge in [0.2, 0.25) is 0 Å². The fourth-order valence-electron chi connectivity index (χ4n) is 2.12. The van der Waals surface area contributed by atoms with Gasteiger partial charge in [0.15, 0.2) is 5.82 Å². The fraction of sp³-hybridized carbons (Fsp3) is 0.750. The van der Waals surface area contributed by atoms with Crippen molar-refractivity contribution in [3.63, 3.8) is 0 Å². The van der Waals surface area contributed by atoms with Crippen molar-refractivity contribution < 1.29 is 9.53 Å². The van der Waals surface area contributed by atoms with Crippen LogP contribution < -0.4 is 5.32 Å². The van der Waals surface area contributed by atoms with Crippen LogP contribution in [0.2, 0.25) is 0 Å². The predicted molar refractivity (Wildman–Crippen MR) is 69.5 cm³/mol. The van der Waals surface area contributed by atoms with E-state index in [1.54, 1.807) is 11.2 Å². The number of nitrogens with one attached hydrogen (secondary N) is 1. The summed E-state index contributed by atoms with van der Waals surface area (Å²) in [4.78, 5) is 14.0. The molecule has 0 spiro atoms. The van der Waals surface area contributed by atoms with Crippen LogP contribution in [0.3, 0.4) is 0 Å². The number of carbonyl (C=O) groups is 1. The molecular formula is C12H21N5O2. The van der Waals surface area contributed by atoms with Crippen molar-refractivity contribution in [3.05, 3.63) is 12.2 Å². The summed E-state index contributed by atoms with van der Waals surface area (Å²) in [6, 6.07) is 0.0218. The van der Waals surface area contributed by atoms with Gasteiger partial charge >= 0.3 is 6.03 Å². The average Bonchev–Trinajstić information content (AvgIpc) is 2.86. The number of urea groups is 1. The second-order valence-electron chi connectivity index (χ2n) is 4.84. The van der Waals surface area contributed by atoms with Gasteiger partial charge in [-0.25, -0.2) is 4.79 Å². The summed E-state index contributed by atoms with van der Waals surface area (Å²) in [6.45, 7) is 8.36. The van der Waals surface area contributed by atoms with Gasteiger partial charge in [-0.2, -0.15) is 0 Å². The Kier molecular flexibility index (Phi) is 4.36. The van der Waals surface area contributed by atoms with Crippen molar-refractivity contribution in [1.29, 1.82) is 0 Å². The molecular weight excluding hydrogens is 246 g/mol. The minimum absolute atomic E-state index is 0.0756. The zero-order valence-electron chi connectivity index (χ0n) is 11.7. The summed E-state index contributed by atoms with van der Waals surface area (Å²) in [5.41, 5.74) is 0. The number of nitrogens with zero attached hydrogens (tertiary/aromatic N) is 4. The van der Waals surface area contributed by atoms with Crippen LogP contribution in [0, 0.1) is 0 Å². The molecule has 106 valence electrons. The molecule has 7 nitrogen and oxygen atoms in total. The zero-order valence-corrected chi connectivity index (χ0v) is 11.7. The minimum Gasteiger partial charge on any atom is -0.375 e. The first-order valence-corrected chi connectivity index (χ1v) is 6.64. The Hall–Kier alpha value is -1.63. The van der Waals surface area contributed by atoms with E-state index in [0.717, 1.165) is 12.4 Å². The molecule has 2 rings (SSSR count). The Labute approximate surface area is 112 Å². The number of hydrogen-bond donors (Lipinski definition) is 1. The largest absolute Gasteiger partial charge is 0.375 e. The number of aryl methyl sites for hydroxylation is 1. The SMILES string of the molecule is CCn1cnnc1CNC(=O)N1CC(C)OCC1C. The highest BCUT2D eigenvalue weighted by molar-refractivity contribution is 5.74. The maximum absolute atomic E-state index is 12.2. The molecule has 19 heavy (non-hydrogen) atoms. The fourth-order valence-corrected chi connectivity index (χ4v) is 2.12. The van der Waals surface area contributed by atoms with E-state index in [4.69, 9.17) is 4.74 Å². The molecule has 0 aliphatic carbocycles. The van der Waals surface area contributed by atoms with Crippen molar-refractivity contribution in [2.24, 2.45) is 0 Å². The quantitative estimate of drug-likeness (QED) is 0.871. The number of carbonyl (C=O) groups excluding carboxylic acids is 1. The van der Waals surface area contributed by atoms with Crippen molar-refractivity contribution in [3.8, 4) is 0 Å². The van der Waals surface area contributed by atoms with Crippen LogP contribution in [0.4, 0.5) is 4.79 Å². The summed E-state index contributed by atoms with van der Waals surface area (Å²) >= 11 is 0. The summed E-state index contributed by atoms with van der Waals surface area (Å²) in [7, 11) is 0. The standard InChI is InChI=1S/C12H21N5O2/c1-4-16-8-14-15-11(16)5-13-12(18)17-6-10(3)19-7-9(17)2/h8-10H,4-7H2,1-3H3,(H,13,18). The van der Waals surface area contributed by atoms with Crippen LogP contribution in [-0.2, 0) is 17.8 Å². The Balaban J connectivity index is 1.90. The van der Waals surface area contributed by atoms with E-state index < -0.39 is 0 Å². The second-order valence-corrected chi connectivity index (χ2v) is 4.84. The third kappa shape index (κ3) is 3.23. The molecule has 7 heteroatoms. The molecule has 1 fully saturated rings. The van der Waals surface area contributed by atoms with E-state index in [2.05, 4.69) is 15.5 Å². The van der Waals surface area contributed by atoms with Gasteiger partial charge in [-0.1, -0.05) is 0 Å². The van der Waals surface area contributed by atoms with Gasteiger partial charge in [-0.05, 0) is 20.8 Å². The number of morpholine rings is 1. The number of amides is 2. The Morgan fingerprint density at radius 2 is 2.37 bits per heavy atom. The van der Waals surface area contributed by atoms with Gasteiger partial charge in [0.25, 0.3) is 0 Å². The first kappa shape index (κ1) is 13.8. The molecule has 2 amide bonds. The summed E-state index contributed by atoms with van der Waals surface area (Å²) in [5, 5.41) is 10.7. The average molecular weight is 267 g/mol. The topological polar surface area (TPSA) is 72.3 Å². The molecule has 2 atom stereocenters.